The summed E-state index contributed by atoms with van der Waals surface area (Å²) in [6.45, 7) is 7.40. The van der Waals surface area contributed by atoms with Crippen molar-refractivity contribution in [3.05, 3.63) is 0 Å². The number of likely N-dealkylation sites (tertiary alicyclic amines) is 1. The van der Waals surface area contributed by atoms with E-state index in [1.54, 1.807) is 4.31 Å². The molecule has 1 N–H and O–H groups in total. The van der Waals surface area contributed by atoms with E-state index in [1.807, 2.05) is 0 Å². The van der Waals surface area contributed by atoms with Gasteiger partial charge in [-0.1, -0.05) is 25.7 Å². The van der Waals surface area contributed by atoms with Crippen LogP contribution >= 0.6 is 0 Å². The van der Waals surface area contributed by atoms with Gasteiger partial charge in [-0.15, -0.1) is 0 Å². The SMILES string of the molecule is CCNC(=NCC1CCN(S(C)(=O)=O)CC1)N1CCCC2(CCCCCC2)C1. The van der Waals surface area contributed by atoms with Crippen molar-refractivity contribution >= 4 is 16.0 Å². The van der Waals surface area contributed by atoms with E-state index in [0.29, 0.717) is 24.4 Å². The molecule has 0 atom stereocenters. The van der Waals surface area contributed by atoms with Crippen LogP contribution in [0.15, 0.2) is 4.99 Å². The van der Waals surface area contributed by atoms with Gasteiger partial charge in [0.15, 0.2) is 5.96 Å². The van der Waals surface area contributed by atoms with E-state index in [1.165, 1.54) is 57.6 Å². The second-order valence-electron chi connectivity index (χ2n) is 9.24. The van der Waals surface area contributed by atoms with Gasteiger partial charge in [0.25, 0.3) is 0 Å². The van der Waals surface area contributed by atoms with E-state index in [4.69, 9.17) is 4.99 Å². The zero-order valence-corrected chi connectivity index (χ0v) is 18.8. The zero-order valence-electron chi connectivity index (χ0n) is 18.0. The molecule has 1 saturated carbocycles. The fraction of sp³-hybridized carbons (Fsp3) is 0.952. The summed E-state index contributed by atoms with van der Waals surface area (Å²) in [5.41, 5.74) is 0.506. The molecule has 2 saturated heterocycles. The highest BCUT2D eigenvalue weighted by molar-refractivity contribution is 7.88. The van der Waals surface area contributed by atoms with E-state index in [2.05, 4.69) is 17.1 Å². The minimum absolute atomic E-state index is 0.489. The molecule has 3 fully saturated rings. The number of sulfonamides is 1. The molecule has 0 aromatic carbocycles. The van der Waals surface area contributed by atoms with Crippen LogP contribution in [0.25, 0.3) is 0 Å². The summed E-state index contributed by atoms with van der Waals surface area (Å²) in [6, 6.07) is 0. The second-order valence-corrected chi connectivity index (χ2v) is 11.2. The van der Waals surface area contributed by atoms with Crippen molar-refractivity contribution in [1.82, 2.24) is 14.5 Å². The zero-order chi connectivity index (χ0) is 20.0. The van der Waals surface area contributed by atoms with E-state index >= 15 is 0 Å². The monoisotopic (exact) mass is 412 g/mol. The van der Waals surface area contributed by atoms with Gasteiger partial charge in [0.2, 0.25) is 10.0 Å². The molecule has 2 heterocycles. The summed E-state index contributed by atoms with van der Waals surface area (Å²) >= 11 is 0. The molecule has 162 valence electrons. The highest BCUT2D eigenvalue weighted by Gasteiger charge is 2.36. The standard InChI is InChI=1S/C21H40N4O2S/c1-3-22-20(23-17-19-9-15-25(16-10-19)28(2,26)27)24-14-8-13-21(18-24)11-6-4-5-7-12-21/h19H,3-18H2,1-2H3,(H,22,23). The number of hydrogen-bond acceptors (Lipinski definition) is 3. The van der Waals surface area contributed by atoms with E-state index in [9.17, 15) is 8.42 Å². The first-order valence-electron chi connectivity index (χ1n) is 11.4. The predicted molar refractivity (Wildman–Crippen MR) is 116 cm³/mol. The molecule has 28 heavy (non-hydrogen) atoms. The van der Waals surface area contributed by atoms with E-state index in [-0.39, 0.29) is 0 Å². The van der Waals surface area contributed by atoms with Crippen molar-refractivity contribution in [3.8, 4) is 0 Å². The Morgan fingerprint density at radius 2 is 1.68 bits per heavy atom. The molecule has 0 amide bonds. The highest BCUT2D eigenvalue weighted by atomic mass is 32.2. The lowest BCUT2D eigenvalue weighted by atomic mass is 9.74. The molecule has 0 bridgehead atoms. The number of rotatable bonds is 4. The van der Waals surface area contributed by atoms with Crippen LogP contribution in [-0.4, -0.2) is 69.1 Å². The number of guanidine groups is 1. The Hall–Kier alpha value is -0.820. The maximum atomic E-state index is 11.7. The summed E-state index contributed by atoms with van der Waals surface area (Å²) in [5, 5.41) is 3.53. The first kappa shape index (κ1) is 21.9. The van der Waals surface area contributed by atoms with Crippen LogP contribution in [0.4, 0.5) is 0 Å². The number of piperidine rings is 2. The Kier molecular flexibility index (Phi) is 7.65. The molecule has 3 rings (SSSR count). The highest BCUT2D eigenvalue weighted by Crippen LogP contribution is 2.42. The van der Waals surface area contributed by atoms with Gasteiger partial charge in [-0.05, 0) is 56.8 Å². The topological polar surface area (TPSA) is 65.0 Å². The molecule has 0 aromatic heterocycles. The van der Waals surface area contributed by atoms with Gasteiger partial charge >= 0.3 is 0 Å². The van der Waals surface area contributed by atoms with E-state index < -0.39 is 10.0 Å². The Bertz CT molecular complexity index is 618. The lowest BCUT2D eigenvalue weighted by Gasteiger charge is -2.44. The number of aliphatic imine (C=N–C) groups is 1. The first-order valence-corrected chi connectivity index (χ1v) is 13.3. The van der Waals surface area contributed by atoms with Crippen LogP contribution in [0, 0.1) is 11.3 Å². The third-order valence-corrected chi connectivity index (χ3v) is 8.30. The third kappa shape index (κ3) is 5.85. The maximum Gasteiger partial charge on any atom is 0.211 e. The van der Waals surface area contributed by atoms with Gasteiger partial charge in [0.05, 0.1) is 6.26 Å². The summed E-state index contributed by atoms with van der Waals surface area (Å²) in [4.78, 5) is 7.53. The first-order chi connectivity index (χ1) is 13.4. The van der Waals surface area contributed by atoms with Crippen molar-refractivity contribution in [2.45, 2.75) is 71.1 Å². The minimum atomic E-state index is -3.05. The van der Waals surface area contributed by atoms with Crippen molar-refractivity contribution in [1.29, 1.82) is 0 Å². The van der Waals surface area contributed by atoms with Crippen molar-refractivity contribution in [3.63, 3.8) is 0 Å². The molecule has 7 heteroatoms. The Morgan fingerprint density at radius 3 is 2.29 bits per heavy atom. The average molecular weight is 413 g/mol. The van der Waals surface area contributed by atoms with Crippen LogP contribution < -0.4 is 5.32 Å². The number of nitrogens with zero attached hydrogens (tertiary/aromatic N) is 3. The maximum absolute atomic E-state index is 11.7. The summed E-state index contributed by atoms with van der Waals surface area (Å²) in [5.74, 6) is 1.57. The molecule has 2 aliphatic heterocycles. The largest absolute Gasteiger partial charge is 0.357 e. The van der Waals surface area contributed by atoms with Gasteiger partial charge in [-0.2, -0.15) is 0 Å². The quantitative estimate of drug-likeness (QED) is 0.569. The summed E-state index contributed by atoms with van der Waals surface area (Å²) in [6.07, 6.45) is 14.2. The second kappa shape index (κ2) is 9.79. The van der Waals surface area contributed by atoms with Gasteiger partial charge < -0.3 is 10.2 Å². The van der Waals surface area contributed by atoms with Crippen LogP contribution in [0.1, 0.15) is 71.1 Å². The molecule has 1 aliphatic carbocycles. The molecule has 3 aliphatic rings. The Labute approximate surface area is 172 Å². The van der Waals surface area contributed by atoms with Gasteiger partial charge in [-0.3, -0.25) is 4.99 Å². The number of hydrogen-bond donors (Lipinski definition) is 1. The molecule has 0 unspecified atom stereocenters. The van der Waals surface area contributed by atoms with Crippen molar-refractivity contribution in [2.75, 3.05) is 45.5 Å². The minimum Gasteiger partial charge on any atom is -0.357 e. The van der Waals surface area contributed by atoms with Crippen LogP contribution in [-0.2, 0) is 10.0 Å². The summed E-state index contributed by atoms with van der Waals surface area (Å²) < 4.78 is 25.0. The lowest BCUT2D eigenvalue weighted by Crippen LogP contribution is -2.50. The molecular formula is C21H40N4O2S. The molecule has 0 radical (unpaired) electrons. The molecule has 0 aromatic rings. The normalized spacial score (nSPS) is 25.6. The molecule has 1 spiro atoms. The van der Waals surface area contributed by atoms with Crippen LogP contribution in [0.3, 0.4) is 0 Å². The van der Waals surface area contributed by atoms with Gasteiger partial charge in [0, 0.05) is 39.3 Å². The third-order valence-electron chi connectivity index (χ3n) is 7.00. The van der Waals surface area contributed by atoms with E-state index in [0.717, 1.165) is 45.0 Å². The lowest BCUT2D eigenvalue weighted by molar-refractivity contribution is 0.115. The van der Waals surface area contributed by atoms with Crippen LogP contribution in [0.2, 0.25) is 0 Å². The fourth-order valence-electron chi connectivity index (χ4n) is 5.34. The summed E-state index contributed by atoms with van der Waals surface area (Å²) in [7, 11) is -3.05. The average Bonchev–Trinajstić information content (AvgIpc) is 2.90. The van der Waals surface area contributed by atoms with Crippen molar-refractivity contribution < 1.29 is 8.42 Å². The Balaban J connectivity index is 1.59. The molecular weight excluding hydrogens is 372 g/mol. The van der Waals surface area contributed by atoms with Crippen LogP contribution in [0.5, 0.6) is 0 Å². The van der Waals surface area contributed by atoms with Gasteiger partial charge in [0.1, 0.15) is 0 Å². The number of nitrogens with one attached hydrogen (secondary N) is 1. The van der Waals surface area contributed by atoms with Crippen molar-refractivity contribution in [2.24, 2.45) is 16.3 Å². The predicted octanol–water partition coefficient (Wildman–Crippen LogP) is 3.06. The Morgan fingerprint density at radius 1 is 1.04 bits per heavy atom. The smallest absolute Gasteiger partial charge is 0.211 e. The van der Waals surface area contributed by atoms with Gasteiger partial charge in [-0.25, -0.2) is 12.7 Å². The fourth-order valence-corrected chi connectivity index (χ4v) is 6.21. The molecule has 6 nitrogen and oxygen atoms in total.